The molecule has 0 bridgehead atoms. The Morgan fingerprint density at radius 2 is 1.89 bits per heavy atom. The number of likely N-dealkylation sites (tertiary alicyclic amines) is 1. The number of nitrogens with zero attached hydrogens (tertiary/aromatic N) is 4. The summed E-state index contributed by atoms with van der Waals surface area (Å²) in [5, 5.41) is 4.26. The normalized spacial score (nSPS) is 16.1. The van der Waals surface area contributed by atoms with Crippen LogP contribution in [0, 0.1) is 0 Å². The van der Waals surface area contributed by atoms with Gasteiger partial charge in [0.05, 0.1) is 11.9 Å². The van der Waals surface area contributed by atoms with Crippen molar-refractivity contribution in [1.29, 1.82) is 0 Å². The van der Waals surface area contributed by atoms with Gasteiger partial charge in [0.25, 0.3) is 0 Å². The number of pyridine rings is 1. The summed E-state index contributed by atoms with van der Waals surface area (Å²) in [5.41, 5.74) is 7.28. The Balaban J connectivity index is 1.53. The zero-order valence-electron chi connectivity index (χ0n) is 16.3. The first-order valence-electron chi connectivity index (χ1n) is 9.83. The SMILES string of the molecule is CN1CCC(c2cccc(-c3coc4ccc(-c5cnn(C)c5)nc34)c2)CC1. The molecule has 0 saturated carbocycles. The molecule has 5 nitrogen and oxygen atoms in total. The van der Waals surface area contributed by atoms with Crippen LogP contribution in [-0.4, -0.2) is 39.8 Å². The van der Waals surface area contributed by atoms with Crippen LogP contribution in [0.5, 0.6) is 0 Å². The van der Waals surface area contributed by atoms with E-state index < -0.39 is 0 Å². The molecule has 1 aliphatic rings. The first-order chi connectivity index (χ1) is 13.7. The van der Waals surface area contributed by atoms with Crippen LogP contribution in [-0.2, 0) is 7.05 Å². The van der Waals surface area contributed by atoms with Crippen molar-refractivity contribution in [3.8, 4) is 22.4 Å². The highest BCUT2D eigenvalue weighted by Gasteiger charge is 2.19. The van der Waals surface area contributed by atoms with E-state index in [4.69, 9.17) is 9.40 Å². The number of aromatic nitrogens is 3. The molecule has 0 unspecified atom stereocenters. The molecule has 142 valence electrons. The van der Waals surface area contributed by atoms with E-state index in [9.17, 15) is 0 Å². The van der Waals surface area contributed by atoms with Gasteiger partial charge in [0.1, 0.15) is 11.8 Å². The van der Waals surface area contributed by atoms with Gasteiger partial charge in [0, 0.05) is 24.4 Å². The summed E-state index contributed by atoms with van der Waals surface area (Å²) in [6.07, 6.45) is 8.09. The molecular formula is C23H24N4O. The maximum Gasteiger partial charge on any atom is 0.153 e. The lowest BCUT2D eigenvalue weighted by Gasteiger charge is -2.29. The van der Waals surface area contributed by atoms with Crippen molar-refractivity contribution in [2.75, 3.05) is 20.1 Å². The number of fused-ring (bicyclic) bond motifs is 1. The van der Waals surface area contributed by atoms with E-state index in [1.54, 1.807) is 4.68 Å². The van der Waals surface area contributed by atoms with Gasteiger partial charge in [-0.25, -0.2) is 4.98 Å². The monoisotopic (exact) mass is 372 g/mol. The molecule has 1 aliphatic heterocycles. The summed E-state index contributed by atoms with van der Waals surface area (Å²) in [5.74, 6) is 0.633. The van der Waals surface area contributed by atoms with Crippen LogP contribution < -0.4 is 0 Å². The number of hydrogen-bond acceptors (Lipinski definition) is 4. The van der Waals surface area contributed by atoms with E-state index >= 15 is 0 Å². The van der Waals surface area contributed by atoms with Gasteiger partial charge in [-0.1, -0.05) is 24.3 Å². The third-order valence-corrected chi connectivity index (χ3v) is 5.81. The van der Waals surface area contributed by atoms with Gasteiger partial charge in [-0.05, 0) is 62.2 Å². The van der Waals surface area contributed by atoms with Crippen molar-refractivity contribution in [2.24, 2.45) is 7.05 Å². The summed E-state index contributed by atoms with van der Waals surface area (Å²) in [4.78, 5) is 7.30. The predicted octanol–water partition coefficient (Wildman–Crippen LogP) is 4.70. The molecule has 28 heavy (non-hydrogen) atoms. The molecular weight excluding hydrogens is 348 g/mol. The maximum atomic E-state index is 5.81. The molecule has 0 radical (unpaired) electrons. The highest BCUT2D eigenvalue weighted by atomic mass is 16.3. The van der Waals surface area contributed by atoms with E-state index in [-0.39, 0.29) is 0 Å². The van der Waals surface area contributed by atoms with Crippen molar-refractivity contribution >= 4 is 11.1 Å². The Morgan fingerprint density at radius 1 is 1.04 bits per heavy atom. The van der Waals surface area contributed by atoms with Crippen molar-refractivity contribution in [3.05, 3.63) is 60.6 Å². The minimum atomic E-state index is 0.633. The first-order valence-corrected chi connectivity index (χ1v) is 9.83. The van der Waals surface area contributed by atoms with Crippen molar-refractivity contribution in [1.82, 2.24) is 19.7 Å². The molecule has 0 amide bonds. The van der Waals surface area contributed by atoms with Gasteiger partial charge in [0.15, 0.2) is 5.58 Å². The minimum Gasteiger partial charge on any atom is -0.462 e. The first kappa shape index (κ1) is 17.2. The van der Waals surface area contributed by atoms with Gasteiger partial charge in [0.2, 0.25) is 0 Å². The Kier molecular flexibility index (Phi) is 4.24. The lowest BCUT2D eigenvalue weighted by Crippen LogP contribution is -2.29. The smallest absolute Gasteiger partial charge is 0.153 e. The quantitative estimate of drug-likeness (QED) is 0.523. The summed E-state index contributed by atoms with van der Waals surface area (Å²) in [7, 11) is 4.12. The maximum absolute atomic E-state index is 5.81. The Morgan fingerprint density at radius 3 is 2.68 bits per heavy atom. The van der Waals surface area contributed by atoms with Crippen LogP contribution in [0.1, 0.15) is 24.3 Å². The van der Waals surface area contributed by atoms with Gasteiger partial charge in [-0.2, -0.15) is 5.10 Å². The zero-order valence-corrected chi connectivity index (χ0v) is 16.3. The van der Waals surface area contributed by atoms with E-state index in [2.05, 4.69) is 41.3 Å². The number of furan rings is 1. The molecule has 1 aromatic carbocycles. The van der Waals surface area contributed by atoms with Crippen molar-refractivity contribution in [3.63, 3.8) is 0 Å². The van der Waals surface area contributed by atoms with Crippen molar-refractivity contribution < 1.29 is 4.42 Å². The fourth-order valence-corrected chi connectivity index (χ4v) is 4.13. The highest BCUT2D eigenvalue weighted by Crippen LogP contribution is 2.34. The number of benzene rings is 1. The summed E-state index contributed by atoms with van der Waals surface area (Å²) >= 11 is 0. The third-order valence-electron chi connectivity index (χ3n) is 5.81. The van der Waals surface area contributed by atoms with Crippen LogP contribution in [0.15, 0.2) is 59.5 Å². The van der Waals surface area contributed by atoms with E-state index in [0.29, 0.717) is 5.92 Å². The number of piperidine rings is 1. The van der Waals surface area contributed by atoms with Gasteiger partial charge in [-0.15, -0.1) is 0 Å². The third kappa shape index (κ3) is 3.12. The minimum absolute atomic E-state index is 0.633. The van der Waals surface area contributed by atoms with Crippen LogP contribution >= 0.6 is 0 Å². The predicted molar refractivity (Wildman–Crippen MR) is 111 cm³/mol. The molecule has 0 atom stereocenters. The molecule has 5 rings (SSSR count). The standard InChI is InChI=1S/C23H24N4O/c1-26-10-8-16(9-11-26)17-4-3-5-18(12-17)20-15-28-22-7-6-21(25-23(20)22)19-13-24-27(2)14-19/h3-7,12-16H,8-11H2,1-2H3. The second-order valence-corrected chi connectivity index (χ2v) is 7.80. The highest BCUT2D eigenvalue weighted by molar-refractivity contribution is 5.92. The van der Waals surface area contributed by atoms with Crippen LogP contribution in [0.4, 0.5) is 0 Å². The number of rotatable bonds is 3. The Bertz CT molecular complexity index is 1120. The number of hydrogen-bond donors (Lipinski definition) is 0. The summed E-state index contributed by atoms with van der Waals surface area (Å²) in [6, 6.07) is 12.9. The molecule has 1 saturated heterocycles. The van der Waals surface area contributed by atoms with Crippen molar-refractivity contribution in [2.45, 2.75) is 18.8 Å². The lowest BCUT2D eigenvalue weighted by atomic mass is 9.88. The molecule has 1 fully saturated rings. The summed E-state index contributed by atoms with van der Waals surface area (Å²) in [6.45, 7) is 2.33. The lowest BCUT2D eigenvalue weighted by molar-refractivity contribution is 0.255. The topological polar surface area (TPSA) is 47.1 Å². The average Bonchev–Trinajstić information content (AvgIpc) is 3.34. The van der Waals surface area contributed by atoms with E-state index in [1.807, 2.05) is 37.8 Å². The second kappa shape index (κ2) is 6.91. The van der Waals surface area contributed by atoms with Gasteiger partial charge in [-0.3, -0.25) is 4.68 Å². The zero-order chi connectivity index (χ0) is 19.1. The van der Waals surface area contributed by atoms with Gasteiger partial charge >= 0.3 is 0 Å². The van der Waals surface area contributed by atoms with Gasteiger partial charge < -0.3 is 9.32 Å². The van der Waals surface area contributed by atoms with E-state index in [0.717, 1.165) is 27.9 Å². The fourth-order valence-electron chi connectivity index (χ4n) is 4.13. The Hall–Kier alpha value is -2.92. The van der Waals surface area contributed by atoms with Crippen LogP contribution in [0.2, 0.25) is 0 Å². The van der Waals surface area contributed by atoms with Crippen LogP contribution in [0.3, 0.4) is 0 Å². The average molecular weight is 372 g/mol. The molecule has 0 spiro atoms. The fraction of sp³-hybridized carbons (Fsp3) is 0.304. The van der Waals surface area contributed by atoms with E-state index in [1.165, 1.54) is 37.1 Å². The molecule has 0 N–H and O–H groups in total. The molecule has 0 aliphatic carbocycles. The largest absolute Gasteiger partial charge is 0.462 e. The van der Waals surface area contributed by atoms with Crippen LogP contribution in [0.25, 0.3) is 33.5 Å². The second-order valence-electron chi connectivity index (χ2n) is 7.80. The molecule has 3 aromatic heterocycles. The summed E-state index contributed by atoms with van der Waals surface area (Å²) < 4.78 is 7.60. The Labute approximate surface area is 164 Å². The number of aryl methyl sites for hydroxylation is 1. The molecule has 4 aromatic rings. The molecule has 4 heterocycles. The molecule has 5 heteroatoms.